The fraction of sp³-hybridized carbons (Fsp3) is 0.381. The molecule has 0 saturated heterocycles. The van der Waals surface area contributed by atoms with Crippen molar-refractivity contribution in [1.82, 2.24) is 15.0 Å². The Kier molecular flexibility index (Phi) is 6.34. The normalized spacial score (nSPS) is 11.4. The molecule has 0 saturated carbocycles. The molecule has 0 atom stereocenters. The maximum Gasteiger partial charge on any atom is 0.248 e. The van der Waals surface area contributed by atoms with Crippen molar-refractivity contribution in [3.8, 4) is 11.6 Å². The number of halogens is 1. The summed E-state index contributed by atoms with van der Waals surface area (Å²) in [7, 11) is 0. The first-order valence-electron chi connectivity index (χ1n) is 9.43. The number of nitrogens with two attached hydrogens (primary N) is 1. The molecular formula is C21H26BrN5O. The van der Waals surface area contributed by atoms with E-state index in [1.165, 1.54) is 6.33 Å². The lowest BCUT2D eigenvalue weighted by Crippen LogP contribution is -2.32. The third kappa shape index (κ3) is 4.52. The quantitative estimate of drug-likeness (QED) is 0.534. The van der Waals surface area contributed by atoms with Gasteiger partial charge in [0.15, 0.2) is 11.6 Å². The number of ether oxygens (including phenoxy) is 1. The number of rotatable bonds is 7. The molecule has 0 aliphatic carbocycles. The van der Waals surface area contributed by atoms with Gasteiger partial charge in [-0.3, -0.25) is 4.98 Å². The summed E-state index contributed by atoms with van der Waals surface area (Å²) in [5, 5.41) is 0.967. The zero-order valence-corrected chi connectivity index (χ0v) is 18.3. The number of benzene rings is 1. The van der Waals surface area contributed by atoms with Crippen molar-refractivity contribution in [3.63, 3.8) is 0 Å². The Labute approximate surface area is 174 Å². The molecule has 2 heterocycles. The van der Waals surface area contributed by atoms with Gasteiger partial charge in [0.1, 0.15) is 17.5 Å². The average Bonchev–Trinajstić information content (AvgIpc) is 2.64. The Balaban J connectivity index is 1.99. The first kappa shape index (κ1) is 20.3. The fourth-order valence-electron chi connectivity index (χ4n) is 3.13. The van der Waals surface area contributed by atoms with Crippen LogP contribution in [0.4, 0.5) is 11.5 Å². The van der Waals surface area contributed by atoms with Crippen molar-refractivity contribution in [1.29, 1.82) is 0 Å². The summed E-state index contributed by atoms with van der Waals surface area (Å²) >= 11 is 3.55. The maximum absolute atomic E-state index is 6.44. The monoisotopic (exact) mass is 443 g/mol. The number of fused-ring (bicyclic) bond motifs is 1. The summed E-state index contributed by atoms with van der Waals surface area (Å²) in [6.07, 6.45) is 3.24. The van der Waals surface area contributed by atoms with E-state index in [4.69, 9.17) is 10.5 Å². The molecule has 3 aromatic rings. The smallest absolute Gasteiger partial charge is 0.248 e. The van der Waals surface area contributed by atoms with E-state index < -0.39 is 0 Å². The zero-order chi connectivity index (χ0) is 20.3. The van der Waals surface area contributed by atoms with E-state index in [1.54, 1.807) is 6.20 Å². The van der Waals surface area contributed by atoms with Gasteiger partial charge in [-0.25, -0.2) is 4.98 Å². The number of nitrogens with zero attached hydrogens (tertiary/aromatic N) is 4. The topological polar surface area (TPSA) is 77.2 Å². The van der Waals surface area contributed by atoms with Crippen LogP contribution < -0.4 is 15.4 Å². The maximum atomic E-state index is 6.44. The molecule has 0 amide bonds. The molecule has 0 aliphatic rings. The molecule has 6 nitrogen and oxygen atoms in total. The molecular weight excluding hydrogens is 418 g/mol. The van der Waals surface area contributed by atoms with Crippen LogP contribution in [0.1, 0.15) is 27.7 Å². The van der Waals surface area contributed by atoms with Gasteiger partial charge < -0.3 is 15.4 Å². The van der Waals surface area contributed by atoms with Gasteiger partial charge in [-0.2, -0.15) is 4.98 Å². The van der Waals surface area contributed by atoms with E-state index in [2.05, 4.69) is 63.5 Å². The van der Waals surface area contributed by atoms with Crippen LogP contribution in [0.15, 0.2) is 41.3 Å². The summed E-state index contributed by atoms with van der Waals surface area (Å²) in [6.45, 7) is 10.5. The minimum atomic E-state index is 0.344. The lowest BCUT2D eigenvalue weighted by Gasteiger charge is -2.28. The predicted octanol–water partition coefficient (Wildman–Crippen LogP) is 5.28. The number of hydrogen-bond acceptors (Lipinski definition) is 6. The Hall–Kier alpha value is -2.41. The van der Waals surface area contributed by atoms with Crippen LogP contribution in [0.5, 0.6) is 11.6 Å². The molecule has 0 spiro atoms. The first-order valence-corrected chi connectivity index (χ1v) is 10.2. The second kappa shape index (κ2) is 8.73. The molecule has 2 aromatic heterocycles. The second-order valence-corrected chi connectivity index (χ2v) is 8.51. The lowest BCUT2D eigenvalue weighted by atomic mass is 10.1. The molecule has 0 fully saturated rings. The highest BCUT2D eigenvalue weighted by atomic mass is 79.9. The van der Waals surface area contributed by atoms with Crippen LogP contribution >= 0.6 is 15.9 Å². The van der Waals surface area contributed by atoms with Crippen molar-refractivity contribution in [2.75, 3.05) is 23.7 Å². The van der Waals surface area contributed by atoms with Gasteiger partial charge in [-0.05, 0) is 30.0 Å². The molecule has 2 N–H and O–H groups in total. The summed E-state index contributed by atoms with van der Waals surface area (Å²) in [6, 6.07) is 7.67. The van der Waals surface area contributed by atoms with Crippen molar-refractivity contribution in [2.24, 2.45) is 11.8 Å². The van der Waals surface area contributed by atoms with Crippen LogP contribution in [0.25, 0.3) is 10.9 Å². The summed E-state index contributed by atoms with van der Waals surface area (Å²) in [5.74, 6) is 2.63. The third-order valence-electron chi connectivity index (χ3n) is 4.18. The third-order valence-corrected chi connectivity index (χ3v) is 4.87. The van der Waals surface area contributed by atoms with Gasteiger partial charge in [0.2, 0.25) is 5.88 Å². The van der Waals surface area contributed by atoms with E-state index in [0.29, 0.717) is 35.0 Å². The highest BCUT2D eigenvalue weighted by Gasteiger charge is 2.19. The van der Waals surface area contributed by atoms with Gasteiger partial charge in [0.05, 0.1) is 0 Å². The van der Waals surface area contributed by atoms with Crippen LogP contribution in [0, 0.1) is 11.8 Å². The lowest BCUT2D eigenvalue weighted by molar-refractivity contribution is 0.467. The van der Waals surface area contributed by atoms with E-state index in [9.17, 15) is 0 Å². The molecule has 0 bridgehead atoms. The van der Waals surface area contributed by atoms with Gasteiger partial charge in [0.25, 0.3) is 0 Å². The van der Waals surface area contributed by atoms with Crippen molar-refractivity contribution in [3.05, 3.63) is 41.3 Å². The Morgan fingerprint density at radius 3 is 2.43 bits per heavy atom. The second-order valence-electron chi connectivity index (χ2n) is 7.66. The Bertz CT molecular complexity index is 951. The molecule has 0 radical (unpaired) electrons. The summed E-state index contributed by atoms with van der Waals surface area (Å²) < 4.78 is 7.05. The van der Waals surface area contributed by atoms with Crippen molar-refractivity contribution < 1.29 is 4.74 Å². The number of nitrogen functional groups attached to an aromatic ring is 1. The molecule has 0 unspecified atom stereocenters. The predicted molar refractivity (Wildman–Crippen MR) is 118 cm³/mol. The zero-order valence-electron chi connectivity index (χ0n) is 16.7. The number of aromatic nitrogens is 3. The number of hydrogen-bond donors (Lipinski definition) is 1. The van der Waals surface area contributed by atoms with E-state index in [1.807, 2.05) is 24.3 Å². The van der Waals surface area contributed by atoms with Crippen LogP contribution in [0.3, 0.4) is 0 Å². The highest BCUT2D eigenvalue weighted by molar-refractivity contribution is 9.10. The van der Waals surface area contributed by atoms with Gasteiger partial charge in [-0.1, -0.05) is 49.7 Å². The van der Waals surface area contributed by atoms with Crippen LogP contribution in [-0.2, 0) is 0 Å². The van der Waals surface area contributed by atoms with E-state index >= 15 is 0 Å². The van der Waals surface area contributed by atoms with Crippen molar-refractivity contribution >= 4 is 38.3 Å². The van der Waals surface area contributed by atoms with E-state index in [-0.39, 0.29) is 0 Å². The summed E-state index contributed by atoms with van der Waals surface area (Å²) in [4.78, 5) is 15.4. The molecule has 148 valence electrons. The molecule has 1 aromatic carbocycles. The van der Waals surface area contributed by atoms with Gasteiger partial charge in [0, 0.05) is 29.1 Å². The summed E-state index contributed by atoms with van der Waals surface area (Å²) in [5.41, 5.74) is 7.62. The minimum absolute atomic E-state index is 0.344. The average molecular weight is 444 g/mol. The molecule has 7 heteroatoms. The van der Waals surface area contributed by atoms with E-state index in [0.717, 1.165) is 28.5 Å². The fourth-order valence-corrected chi connectivity index (χ4v) is 3.58. The number of pyridine rings is 1. The molecule has 0 aliphatic heterocycles. The van der Waals surface area contributed by atoms with Crippen LogP contribution in [-0.4, -0.2) is 28.0 Å². The van der Waals surface area contributed by atoms with Gasteiger partial charge in [-0.15, -0.1) is 0 Å². The molecule has 3 rings (SSSR count). The Morgan fingerprint density at radius 2 is 1.75 bits per heavy atom. The standard InChI is InChI=1S/C21H26BrN5O/c1-13(2)10-27(11-14(3)4)20-18(23)21(26-12-25-20)28-17-8-7-16(22)15-6-5-9-24-19(15)17/h5-9,12-14H,10-11,23H2,1-4H3. The first-order chi connectivity index (χ1) is 13.4. The van der Waals surface area contributed by atoms with Crippen LogP contribution in [0.2, 0.25) is 0 Å². The Morgan fingerprint density at radius 1 is 1.04 bits per heavy atom. The SMILES string of the molecule is CC(C)CN(CC(C)C)c1ncnc(Oc2ccc(Br)c3cccnc23)c1N. The minimum Gasteiger partial charge on any atom is -0.435 e. The highest BCUT2D eigenvalue weighted by Crippen LogP contribution is 2.36. The largest absolute Gasteiger partial charge is 0.435 e. The molecule has 28 heavy (non-hydrogen) atoms. The van der Waals surface area contributed by atoms with Gasteiger partial charge >= 0.3 is 0 Å². The van der Waals surface area contributed by atoms with Crippen molar-refractivity contribution in [2.45, 2.75) is 27.7 Å². The number of anilines is 2.